The molecule has 2 aliphatic rings. The van der Waals surface area contributed by atoms with Gasteiger partial charge in [0.25, 0.3) is 11.8 Å². The van der Waals surface area contributed by atoms with Crippen molar-refractivity contribution in [3.63, 3.8) is 0 Å². The summed E-state index contributed by atoms with van der Waals surface area (Å²) in [5, 5.41) is 10.8. The van der Waals surface area contributed by atoms with Crippen LogP contribution in [-0.2, 0) is 24.2 Å². The Morgan fingerprint density at radius 1 is 1.19 bits per heavy atom. The summed E-state index contributed by atoms with van der Waals surface area (Å²) in [5.41, 5.74) is -0.557. The molecule has 1 aromatic rings. The standard InChI is InChI=1S/C16H14N2O8S/c19-11-5-4-9(14(22)17-11)18-15(23)8-2-1-3-10(13(8)16(18)24)27(25,26)7-6-12(20)21/h1-3,9H,4-7H2,(H,20,21)(H,17,19,22). The second kappa shape index (κ2) is 6.58. The van der Waals surface area contributed by atoms with E-state index < -0.39 is 62.5 Å². The number of fused-ring (bicyclic) bond motifs is 1. The summed E-state index contributed by atoms with van der Waals surface area (Å²) in [6, 6.07) is 2.43. The predicted molar refractivity (Wildman–Crippen MR) is 87.4 cm³/mol. The fourth-order valence-corrected chi connectivity index (χ4v) is 4.53. The van der Waals surface area contributed by atoms with Crippen molar-refractivity contribution < 1.29 is 37.5 Å². The number of carbonyl (C=O) groups is 5. The second-order valence-corrected chi connectivity index (χ2v) is 8.17. The lowest BCUT2D eigenvalue weighted by Gasteiger charge is -2.27. The van der Waals surface area contributed by atoms with E-state index in [0.717, 1.165) is 6.07 Å². The lowest BCUT2D eigenvalue weighted by molar-refractivity contribution is -0.137. The minimum atomic E-state index is -4.15. The average molecular weight is 394 g/mol. The van der Waals surface area contributed by atoms with Crippen molar-refractivity contribution in [1.29, 1.82) is 0 Å². The Morgan fingerprint density at radius 3 is 2.52 bits per heavy atom. The largest absolute Gasteiger partial charge is 0.481 e. The van der Waals surface area contributed by atoms with Crippen molar-refractivity contribution in [1.82, 2.24) is 10.2 Å². The molecule has 1 saturated heterocycles. The van der Waals surface area contributed by atoms with E-state index in [1.807, 2.05) is 5.32 Å². The Labute approximate surface area is 153 Å². The van der Waals surface area contributed by atoms with Gasteiger partial charge >= 0.3 is 5.97 Å². The van der Waals surface area contributed by atoms with Gasteiger partial charge in [-0.05, 0) is 18.6 Å². The van der Waals surface area contributed by atoms with Crippen LogP contribution in [0.1, 0.15) is 40.0 Å². The van der Waals surface area contributed by atoms with Crippen molar-refractivity contribution in [2.24, 2.45) is 0 Å². The van der Waals surface area contributed by atoms with E-state index in [1.54, 1.807) is 0 Å². The van der Waals surface area contributed by atoms with Crippen LogP contribution in [-0.4, -0.2) is 59.8 Å². The van der Waals surface area contributed by atoms with Gasteiger partial charge < -0.3 is 5.11 Å². The number of imide groups is 2. The Morgan fingerprint density at radius 2 is 1.89 bits per heavy atom. The summed E-state index contributed by atoms with van der Waals surface area (Å²) in [6.07, 6.45) is -0.782. The molecule has 11 heteroatoms. The van der Waals surface area contributed by atoms with E-state index in [-0.39, 0.29) is 24.0 Å². The maximum absolute atomic E-state index is 12.8. The first-order chi connectivity index (χ1) is 12.6. The van der Waals surface area contributed by atoms with Gasteiger partial charge in [0.2, 0.25) is 11.8 Å². The lowest BCUT2D eigenvalue weighted by Crippen LogP contribution is -2.54. The van der Waals surface area contributed by atoms with Crippen molar-refractivity contribution in [3.8, 4) is 0 Å². The number of carboxylic acid groups (broad SMARTS) is 1. The highest BCUT2D eigenvalue weighted by Crippen LogP contribution is 2.32. The highest BCUT2D eigenvalue weighted by molar-refractivity contribution is 7.91. The average Bonchev–Trinajstić information content (AvgIpc) is 2.85. The van der Waals surface area contributed by atoms with Gasteiger partial charge in [0, 0.05) is 6.42 Å². The zero-order valence-corrected chi connectivity index (χ0v) is 14.6. The molecular weight excluding hydrogens is 380 g/mol. The molecule has 1 aromatic carbocycles. The first-order valence-corrected chi connectivity index (χ1v) is 9.58. The number of nitrogens with zero attached hydrogens (tertiary/aromatic N) is 1. The third-order valence-corrected chi connectivity index (χ3v) is 6.10. The quantitative estimate of drug-likeness (QED) is 0.623. The van der Waals surface area contributed by atoms with Gasteiger partial charge in [-0.15, -0.1) is 0 Å². The molecule has 3 rings (SSSR count). The number of hydrogen-bond donors (Lipinski definition) is 2. The first kappa shape index (κ1) is 18.7. The Balaban J connectivity index is 2.01. The summed E-state index contributed by atoms with van der Waals surface area (Å²) in [4.78, 5) is 59.6. The van der Waals surface area contributed by atoms with Crippen molar-refractivity contribution >= 4 is 39.4 Å². The highest BCUT2D eigenvalue weighted by Gasteiger charge is 2.46. The zero-order valence-electron chi connectivity index (χ0n) is 13.8. The maximum Gasteiger partial charge on any atom is 0.304 e. The van der Waals surface area contributed by atoms with Gasteiger partial charge in [0.15, 0.2) is 9.84 Å². The van der Waals surface area contributed by atoms with Gasteiger partial charge in [-0.2, -0.15) is 0 Å². The monoisotopic (exact) mass is 394 g/mol. The topological polar surface area (TPSA) is 155 Å². The molecule has 2 N–H and O–H groups in total. The number of benzene rings is 1. The van der Waals surface area contributed by atoms with E-state index >= 15 is 0 Å². The molecule has 2 heterocycles. The molecule has 10 nitrogen and oxygen atoms in total. The SMILES string of the molecule is O=C(O)CCS(=O)(=O)c1cccc2c1C(=O)N(C1CCC(=O)NC1=O)C2=O. The molecule has 2 aliphatic heterocycles. The number of amides is 4. The number of carboxylic acids is 1. The molecule has 4 amide bonds. The summed E-state index contributed by atoms with van der Waals surface area (Å²) < 4.78 is 24.9. The molecule has 1 fully saturated rings. The maximum atomic E-state index is 12.8. The van der Waals surface area contributed by atoms with Crippen LogP contribution in [0.5, 0.6) is 0 Å². The molecule has 0 bridgehead atoms. The number of carbonyl (C=O) groups excluding carboxylic acids is 4. The number of nitrogens with one attached hydrogen (secondary N) is 1. The van der Waals surface area contributed by atoms with E-state index in [9.17, 15) is 32.4 Å². The Bertz CT molecular complexity index is 998. The molecule has 0 saturated carbocycles. The van der Waals surface area contributed by atoms with Crippen LogP contribution in [0.15, 0.2) is 23.1 Å². The number of sulfone groups is 1. The third kappa shape index (κ3) is 3.21. The van der Waals surface area contributed by atoms with Gasteiger partial charge in [0.05, 0.1) is 28.2 Å². The predicted octanol–water partition coefficient (Wildman–Crippen LogP) is -0.664. The molecule has 0 spiro atoms. The van der Waals surface area contributed by atoms with E-state index in [4.69, 9.17) is 5.11 Å². The summed E-state index contributed by atoms with van der Waals surface area (Å²) in [6.45, 7) is 0. The van der Waals surface area contributed by atoms with Gasteiger partial charge in [-0.25, -0.2) is 8.42 Å². The van der Waals surface area contributed by atoms with E-state index in [1.165, 1.54) is 12.1 Å². The van der Waals surface area contributed by atoms with Crippen molar-refractivity contribution in [3.05, 3.63) is 29.3 Å². The highest BCUT2D eigenvalue weighted by atomic mass is 32.2. The van der Waals surface area contributed by atoms with Crippen LogP contribution in [0.3, 0.4) is 0 Å². The third-order valence-electron chi connectivity index (χ3n) is 4.35. The second-order valence-electron chi connectivity index (χ2n) is 6.09. The fraction of sp³-hybridized carbons (Fsp3) is 0.312. The van der Waals surface area contributed by atoms with Crippen LogP contribution in [0, 0.1) is 0 Å². The number of piperidine rings is 1. The van der Waals surface area contributed by atoms with Gasteiger partial charge in [-0.3, -0.25) is 34.2 Å². The number of hydrogen-bond acceptors (Lipinski definition) is 7. The normalized spacial score (nSPS) is 19.9. The Hall–Kier alpha value is -3.08. The van der Waals surface area contributed by atoms with Crippen molar-refractivity contribution in [2.75, 3.05) is 5.75 Å². The van der Waals surface area contributed by atoms with Crippen LogP contribution < -0.4 is 5.32 Å². The molecule has 0 aliphatic carbocycles. The molecule has 1 unspecified atom stereocenters. The van der Waals surface area contributed by atoms with Gasteiger partial charge in [-0.1, -0.05) is 6.07 Å². The van der Waals surface area contributed by atoms with Crippen LogP contribution in [0.25, 0.3) is 0 Å². The number of rotatable bonds is 5. The first-order valence-electron chi connectivity index (χ1n) is 7.92. The Kier molecular flexibility index (Phi) is 4.56. The lowest BCUT2D eigenvalue weighted by atomic mass is 10.0. The minimum Gasteiger partial charge on any atom is -0.481 e. The molecule has 1 atom stereocenters. The molecule has 142 valence electrons. The summed E-state index contributed by atoms with van der Waals surface area (Å²) >= 11 is 0. The van der Waals surface area contributed by atoms with Crippen molar-refractivity contribution in [2.45, 2.75) is 30.2 Å². The van der Waals surface area contributed by atoms with Crippen LogP contribution >= 0.6 is 0 Å². The van der Waals surface area contributed by atoms with E-state index in [0.29, 0.717) is 4.90 Å². The fourth-order valence-electron chi connectivity index (χ4n) is 3.07. The van der Waals surface area contributed by atoms with E-state index in [2.05, 4.69) is 0 Å². The molecule has 0 aromatic heterocycles. The van der Waals surface area contributed by atoms with Crippen LogP contribution in [0.2, 0.25) is 0 Å². The number of aliphatic carboxylic acids is 1. The van der Waals surface area contributed by atoms with Gasteiger partial charge in [0.1, 0.15) is 6.04 Å². The molecular formula is C16H14N2O8S. The molecule has 0 radical (unpaired) electrons. The summed E-state index contributed by atoms with van der Waals surface area (Å²) in [7, 11) is -4.15. The van der Waals surface area contributed by atoms with Crippen LogP contribution in [0.4, 0.5) is 0 Å². The zero-order chi connectivity index (χ0) is 19.9. The smallest absolute Gasteiger partial charge is 0.304 e. The minimum absolute atomic E-state index is 0.0583. The molecule has 27 heavy (non-hydrogen) atoms. The summed E-state index contributed by atoms with van der Waals surface area (Å²) in [5.74, 6) is -5.18.